The molecule has 8 bridgehead atoms. The highest BCUT2D eigenvalue weighted by atomic mass is 127. The van der Waals surface area contributed by atoms with Crippen molar-refractivity contribution in [1.29, 1.82) is 0 Å². The first-order valence-corrected chi connectivity index (χ1v) is 22.9. The molecule has 0 aliphatic carbocycles. The molecule has 0 atom stereocenters. The number of nitrogens with one attached hydrogen (secondary N) is 2. The summed E-state index contributed by atoms with van der Waals surface area (Å²) in [5, 5.41) is 0. The van der Waals surface area contributed by atoms with Gasteiger partial charge in [-0.2, -0.15) is 0 Å². The molecule has 0 spiro atoms. The molecular weight excluding hydrogens is 880 g/mol. The van der Waals surface area contributed by atoms with E-state index in [-0.39, 0.29) is 21.7 Å². The summed E-state index contributed by atoms with van der Waals surface area (Å²) in [4.78, 5) is 18.5. The maximum Gasteiger partial charge on any atom is 0.0816 e. The zero-order valence-corrected chi connectivity index (χ0v) is 40.9. The zero-order valence-electron chi connectivity index (χ0n) is 38.7. The van der Waals surface area contributed by atoms with Crippen LogP contribution < -0.4 is 0 Å². The van der Waals surface area contributed by atoms with E-state index in [9.17, 15) is 0 Å². The molecule has 3 aromatic heterocycles. The molecule has 0 fully saturated rings. The van der Waals surface area contributed by atoms with E-state index in [1.807, 2.05) is 12.1 Å². The van der Waals surface area contributed by atoms with E-state index >= 15 is 0 Å². The van der Waals surface area contributed by atoms with Crippen LogP contribution in [0.15, 0.2) is 84.9 Å². The van der Waals surface area contributed by atoms with Gasteiger partial charge in [-0.1, -0.05) is 143 Å². The second kappa shape index (κ2) is 16.0. The van der Waals surface area contributed by atoms with Crippen molar-refractivity contribution in [1.82, 2.24) is 19.9 Å². The number of terminal acetylenes is 1. The Hall–Kier alpha value is -5.89. The zero-order chi connectivity index (χ0) is 45.2. The van der Waals surface area contributed by atoms with Crippen LogP contribution >= 0.6 is 22.6 Å². The van der Waals surface area contributed by atoms with Crippen LogP contribution in [-0.2, 0) is 21.7 Å². The van der Waals surface area contributed by atoms with Gasteiger partial charge in [0, 0.05) is 31.3 Å². The lowest BCUT2D eigenvalue weighted by Crippen LogP contribution is -2.16. The predicted molar refractivity (Wildman–Crippen MR) is 278 cm³/mol. The minimum absolute atomic E-state index is 0.0820. The maximum absolute atomic E-state index is 6.43. The Balaban J connectivity index is 1.55. The molecule has 0 unspecified atom stereocenters. The third kappa shape index (κ3) is 9.00. The highest BCUT2D eigenvalue weighted by Gasteiger charge is 2.25. The fraction of sp³-hybridized carbons (Fsp3) is 0.276. The van der Waals surface area contributed by atoms with Crippen molar-refractivity contribution < 1.29 is 0 Å². The molecule has 8 rings (SSSR count). The molecule has 5 heteroatoms. The van der Waals surface area contributed by atoms with Crippen molar-refractivity contribution in [3.05, 3.63) is 150 Å². The molecular formula is C58H57IN4. The summed E-state index contributed by atoms with van der Waals surface area (Å²) < 4.78 is 1.13. The highest BCUT2D eigenvalue weighted by Crippen LogP contribution is 2.40. The molecule has 2 aliphatic heterocycles. The number of benzene rings is 3. The number of H-pyrrole nitrogens is 2. The van der Waals surface area contributed by atoms with Gasteiger partial charge in [-0.25, -0.2) is 9.97 Å². The average Bonchev–Trinajstić information content (AvgIpc) is 4.04. The van der Waals surface area contributed by atoms with Crippen molar-refractivity contribution in [2.75, 3.05) is 0 Å². The lowest BCUT2D eigenvalue weighted by Gasteiger charge is -2.26. The number of hydrogen-bond donors (Lipinski definition) is 2. The summed E-state index contributed by atoms with van der Waals surface area (Å²) in [6.45, 7) is 27.3. The van der Waals surface area contributed by atoms with Gasteiger partial charge in [0.1, 0.15) is 0 Å². The fourth-order valence-corrected chi connectivity index (χ4v) is 8.62. The molecule has 2 aliphatic rings. The van der Waals surface area contributed by atoms with E-state index in [0.29, 0.717) is 0 Å². The topological polar surface area (TPSA) is 57.4 Å². The fourth-order valence-electron chi connectivity index (χ4n) is 8.07. The first-order chi connectivity index (χ1) is 29.6. The van der Waals surface area contributed by atoms with Crippen LogP contribution in [0.4, 0.5) is 0 Å². The smallest absolute Gasteiger partial charge is 0.0816 e. The van der Waals surface area contributed by atoms with Crippen molar-refractivity contribution in [2.45, 2.75) is 105 Å². The molecule has 0 saturated carbocycles. The number of fused-ring (bicyclic) bond motifs is 8. The van der Waals surface area contributed by atoms with Crippen LogP contribution in [0.5, 0.6) is 0 Å². The van der Waals surface area contributed by atoms with E-state index in [1.165, 1.54) is 22.3 Å². The molecule has 2 N–H and O–H groups in total. The molecule has 3 aromatic carbocycles. The van der Waals surface area contributed by atoms with E-state index in [0.717, 1.165) is 87.4 Å². The standard InChI is InChI=1S/C58H57IN4/c1-14-43-45-20-24-49(60-45)53(36-29-38(55(2,3)4)33-39(30-36)56(5,6)7)51-26-22-47(62-51)44(19-18-35-16-15-17-42(59)28-35)48-23-27-52(63-48)54(50-25-21-46(43)61-50)37-31-40(57(8,9)10)34-41(32-37)58(11,12)13/h1,15-17,20-34,60-61H,2-13H3. The van der Waals surface area contributed by atoms with Crippen molar-refractivity contribution >= 4 is 69.0 Å². The number of rotatable bonds is 2. The molecule has 4 nitrogen and oxygen atoms in total. The summed E-state index contributed by atoms with van der Waals surface area (Å²) in [6, 6.07) is 30.7. The van der Waals surface area contributed by atoms with Crippen LogP contribution in [0.1, 0.15) is 145 Å². The van der Waals surface area contributed by atoms with Crippen LogP contribution in [-0.4, -0.2) is 19.9 Å². The third-order valence-electron chi connectivity index (χ3n) is 12.0. The minimum Gasteiger partial charge on any atom is -0.354 e. The number of halogens is 1. The van der Waals surface area contributed by atoms with Gasteiger partial charge in [-0.05, 0) is 144 Å². The van der Waals surface area contributed by atoms with Gasteiger partial charge in [-0.15, -0.1) is 6.42 Å². The van der Waals surface area contributed by atoms with Gasteiger partial charge in [-0.3, -0.25) is 0 Å². The van der Waals surface area contributed by atoms with Crippen LogP contribution in [0.2, 0.25) is 0 Å². The Morgan fingerprint density at radius 3 is 1.24 bits per heavy atom. The molecule has 63 heavy (non-hydrogen) atoms. The first-order valence-electron chi connectivity index (χ1n) is 21.8. The Labute approximate surface area is 388 Å². The minimum atomic E-state index is -0.0820. The quantitative estimate of drug-likeness (QED) is 0.134. The van der Waals surface area contributed by atoms with Gasteiger partial charge < -0.3 is 9.97 Å². The average molecular weight is 937 g/mol. The molecule has 0 saturated heterocycles. The van der Waals surface area contributed by atoms with Gasteiger partial charge >= 0.3 is 0 Å². The van der Waals surface area contributed by atoms with Crippen molar-refractivity contribution in [2.24, 2.45) is 0 Å². The largest absolute Gasteiger partial charge is 0.354 e. The van der Waals surface area contributed by atoms with E-state index in [4.69, 9.17) is 16.4 Å². The van der Waals surface area contributed by atoms with Gasteiger partial charge in [0.05, 0.1) is 44.9 Å². The molecule has 5 heterocycles. The normalized spacial score (nSPS) is 12.9. The SMILES string of the molecule is C#Cc1c2ccc([nH]2)c(-c2cc(C(C)(C)C)cc(C(C)(C)C)c2)c2nc(c(C#Cc3cccc(I)c3)c3nc(c(-c4cc(C(C)(C)C)cc(C(C)(C)C)c4)c4ccc1[nH]4)C=C3)C=C2. The summed E-state index contributed by atoms with van der Waals surface area (Å²) in [6.07, 6.45) is 14.8. The Morgan fingerprint density at radius 1 is 0.460 bits per heavy atom. The summed E-state index contributed by atoms with van der Waals surface area (Å²) in [7, 11) is 0. The number of nitrogens with zero attached hydrogens (tertiary/aromatic N) is 2. The van der Waals surface area contributed by atoms with Crippen LogP contribution in [0.25, 0.3) is 68.6 Å². The van der Waals surface area contributed by atoms with E-state index < -0.39 is 0 Å². The second-order valence-electron chi connectivity index (χ2n) is 21.0. The third-order valence-corrected chi connectivity index (χ3v) is 12.6. The number of hydrogen-bond acceptors (Lipinski definition) is 2. The van der Waals surface area contributed by atoms with Gasteiger partial charge in [0.15, 0.2) is 0 Å². The lowest BCUT2D eigenvalue weighted by molar-refractivity contribution is 0.568. The number of aromatic amines is 2. The van der Waals surface area contributed by atoms with E-state index in [2.05, 4.69) is 231 Å². The summed E-state index contributed by atoms with van der Waals surface area (Å²) in [5.41, 5.74) is 18.0. The monoisotopic (exact) mass is 936 g/mol. The van der Waals surface area contributed by atoms with Gasteiger partial charge in [0.25, 0.3) is 0 Å². The van der Waals surface area contributed by atoms with E-state index in [1.54, 1.807) is 0 Å². The van der Waals surface area contributed by atoms with Crippen molar-refractivity contribution in [3.63, 3.8) is 0 Å². The van der Waals surface area contributed by atoms with Crippen LogP contribution in [0.3, 0.4) is 0 Å². The Kier molecular flexibility index (Phi) is 11.1. The Morgan fingerprint density at radius 2 is 0.857 bits per heavy atom. The Bertz CT molecular complexity index is 2930. The summed E-state index contributed by atoms with van der Waals surface area (Å²) in [5.74, 6) is 10.1. The van der Waals surface area contributed by atoms with Crippen molar-refractivity contribution in [3.8, 4) is 46.4 Å². The summed E-state index contributed by atoms with van der Waals surface area (Å²) >= 11 is 2.34. The van der Waals surface area contributed by atoms with Gasteiger partial charge in [0.2, 0.25) is 0 Å². The number of aromatic nitrogens is 4. The highest BCUT2D eigenvalue weighted by molar-refractivity contribution is 14.1. The first kappa shape index (κ1) is 43.7. The molecule has 6 aromatic rings. The maximum atomic E-state index is 6.43. The predicted octanol–water partition coefficient (Wildman–Crippen LogP) is 15.2. The molecule has 316 valence electrons. The molecule has 0 radical (unpaired) electrons. The van der Waals surface area contributed by atoms with Crippen LogP contribution in [0, 0.1) is 27.8 Å². The lowest BCUT2D eigenvalue weighted by atomic mass is 9.78. The second-order valence-corrected chi connectivity index (χ2v) is 22.3. The molecule has 0 amide bonds.